The number of amides is 2. The molecule has 0 saturated heterocycles. The molecule has 0 radical (unpaired) electrons. The van der Waals surface area contributed by atoms with Gasteiger partial charge in [-0.05, 0) is 48.5 Å². The van der Waals surface area contributed by atoms with Crippen molar-refractivity contribution in [1.29, 1.82) is 0 Å². The van der Waals surface area contributed by atoms with Crippen LogP contribution in [0.15, 0.2) is 95.7 Å². The smallest absolute Gasteiger partial charge is 0.283 e. The van der Waals surface area contributed by atoms with Crippen LogP contribution in [0.25, 0.3) is 0 Å². The maximum absolute atomic E-state index is 13.0. The number of rotatable bonds is 5. The summed E-state index contributed by atoms with van der Waals surface area (Å²) in [4.78, 5) is 28.4. The van der Waals surface area contributed by atoms with E-state index in [9.17, 15) is 9.59 Å². The molecule has 1 aliphatic heterocycles. The zero-order valence-electron chi connectivity index (χ0n) is 15.6. The van der Waals surface area contributed by atoms with E-state index < -0.39 is 11.8 Å². The van der Waals surface area contributed by atoms with E-state index in [1.54, 1.807) is 36.2 Å². The Morgan fingerprint density at radius 1 is 0.759 bits per heavy atom. The van der Waals surface area contributed by atoms with Crippen molar-refractivity contribution in [3.63, 3.8) is 0 Å². The predicted octanol–water partition coefficient (Wildman–Crippen LogP) is 4.94. The van der Waals surface area contributed by atoms with Gasteiger partial charge in [-0.25, -0.2) is 4.90 Å². The van der Waals surface area contributed by atoms with Gasteiger partial charge in [0.05, 0.1) is 5.69 Å². The maximum atomic E-state index is 13.0. The molecule has 3 aromatic rings. The molecule has 0 bridgehead atoms. The fourth-order valence-corrected chi connectivity index (χ4v) is 3.38. The highest BCUT2D eigenvalue weighted by Crippen LogP contribution is 2.33. The molecule has 0 N–H and O–H groups in total. The topological polar surface area (TPSA) is 49.9 Å². The molecule has 6 heteroatoms. The molecule has 1 aliphatic rings. The number of ether oxygens (including phenoxy) is 1. The molecule has 29 heavy (non-hydrogen) atoms. The summed E-state index contributed by atoms with van der Waals surface area (Å²) < 4.78 is 5.75. The van der Waals surface area contributed by atoms with Gasteiger partial charge in [0.15, 0.2) is 0 Å². The molecule has 0 fully saturated rings. The Hall–Kier alpha value is -3.57. The van der Waals surface area contributed by atoms with Crippen molar-refractivity contribution in [3.05, 3.63) is 95.7 Å². The lowest BCUT2D eigenvalue weighted by atomic mass is 10.2. The number of imide groups is 1. The zero-order chi connectivity index (χ0) is 20.4. The van der Waals surface area contributed by atoms with Crippen LogP contribution in [0.3, 0.4) is 0 Å². The van der Waals surface area contributed by atoms with E-state index >= 15 is 0 Å². The normalized spacial score (nSPS) is 13.8. The monoisotopic (exact) mass is 404 g/mol. The van der Waals surface area contributed by atoms with Crippen LogP contribution < -0.4 is 14.5 Å². The van der Waals surface area contributed by atoms with Crippen molar-refractivity contribution in [2.45, 2.75) is 0 Å². The number of nitrogens with zero attached hydrogens (tertiary/aromatic N) is 2. The molecule has 0 spiro atoms. The number of carbonyl (C=O) groups is 2. The van der Waals surface area contributed by atoms with Gasteiger partial charge in [0.25, 0.3) is 11.8 Å². The van der Waals surface area contributed by atoms with Crippen LogP contribution in [0, 0.1) is 0 Å². The second kappa shape index (κ2) is 7.81. The predicted molar refractivity (Wildman–Crippen MR) is 113 cm³/mol. The van der Waals surface area contributed by atoms with Crippen molar-refractivity contribution in [1.82, 2.24) is 0 Å². The van der Waals surface area contributed by atoms with Crippen LogP contribution in [-0.4, -0.2) is 18.9 Å². The summed E-state index contributed by atoms with van der Waals surface area (Å²) in [6.07, 6.45) is 0. The summed E-state index contributed by atoms with van der Waals surface area (Å²) in [5.41, 5.74) is 1.33. The third-order valence-corrected chi connectivity index (χ3v) is 4.90. The summed E-state index contributed by atoms with van der Waals surface area (Å²) in [6, 6.07) is 25.3. The first-order valence-corrected chi connectivity index (χ1v) is 9.34. The zero-order valence-corrected chi connectivity index (χ0v) is 16.3. The standard InChI is InChI=1S/C23H17ClN2O3/c1-25(16-8-4-2-5-9-16)21-20(24)22(27)26(23(21)28)17-12-14-19(15-13-17)29-18-10-6-3-7-11-18/h2-15H,1H3. The van der Waals surface area contributed by atoms with Gasteiger partial charge >= 0.3 is 0 Å². The number of anilines is 2. The van der Waals surface area contributed by atoms with Crippen LogP contribution in [0.4, 0.5) is 11.4 Å². The highest BCUT2D eigenvalue weighted by atomic mass is 35.5. The molecule has 5 nitrogen and oxygen atoms in total. The van der Waals surface area contributed by atoms with Gasteiger partial charge < -0.3 is 9.64 Å². The summed E-state index contributed by atoms with van der Waals surface area (Å²) in [6.45, 7) is 0. The highest BCUT2D eigenvalue weighted by molar-refractivity contribution is 6.53. The highest BCUT2D eigenvalue weighted by Gasteiger charge is 2.40. The lowest BCUT2D eigenvalue weighted by Gasteiger charge is -2.21. The largest absolute Gasteiger partial charge is 0.457 e. The summed E-state index contributed by atoms with van der Waals surface area (Å²) >= 11 is 6.25. The van der Waals surface area contributed by atoms with Crippen LogP contribution in [-0.2, 0) is 9.59 Å². The Kier molecular flexibility index (Phi) is 5.06. The lowest BCUT2D eigenvalue weighted by Crippen LogP contribution is -2.34. The second-order valence-electron chi connectivity index (χ2n) is 6.41. The van der Waals surface area contributed by atoms with Crippen LogP contribution in [0.1, 0.15) is 0 Å². The molecule has 3 aromatic carbocycles. The molecule has 0 unspecified atom stereocenters. The minimum Gasteiger partial charge on any atom is -0.457 e. The minimum atomic E-state index is -0.550. The summed E-state index contributed by atoms with van der Waals surface area (Å²) in [5, 5.41) is -0.106. The van der Waals surface area contributed by atoms with Gasteiger partial charge in [0.1, 0.15) is 22.2 Å². The van der Waals surface area contributed by atoms with E-state index in [1.165, 1.54) is 0 Å². The number of hydrogen-bond acceptors (Lipinski definition) is 4. The Morgan fingerprint density at radius 3 is 1.93 bits per heavy atom. The average molecular weight is 405 g/mol. The van der Waals surface area contributed by atoms with Gasteiger partial charge in [-0.3, -0.25) is 9.59 Å². The Morgan fingerprint density at radius 2 is 1.31 bits per heavy atom. The molecule has 144 valence electrons. The quantitative estimate of drug-likeness (QED) is 0.565. The van der Waals surface area contributed by atoms with E-state index in [2.05, 4.69) is 0 Å². The number of halogens is 1. The van der Waals surface area contributed by atoms with Crippen LogP contribution >= 0.6 is 11.6 Å². The van der Waals surface area contributed by atoms with Crippen molar-refractivity contribution in [2.75, 3.05) is 16.8 Å². The Bertz CT molecular complexity index is 1080. The first kappa shape index (κ1) is 18.8. The number of hydrogen-bond donors (Lipinski definition) is 0. The first-order chi connectivity index (χ1) is 14.1. The SMILES string of the molecule is CN(C1=C(Cl)C(=O)N(c2ccc(Oc3ccccc3)cc2)C1=O)c1ccccc1. The van der Waals surface area contributed by atoms with E-state index in [1.807, 2.05) is 60.7 Å². The number of benzene rings is 3. The Labute approximate surface area is 173 Å². The van der Waals surface area contributed by atoms with E-state index in [-0.39, 0.29) is 10.7 Å². The molecular formula is C23H17ClN2O3. The molecule has 2 amide bonds. The Balaban J connectivity index is 1.57. The van der Waals surface area contributed by atoms with Gasteiger partial charge in [0, 0.05) is 12.7 Å². The van der Waals surface area contributed by atoms with Crippen molar-refractivity contribution < 1.29 is 14.3 Å². The van der Waals surface area contributed by atoms with Gasteiger partial charge in [0.2, 0.25) is 0 Å². The fourth-order valence-electron chi connectivity index (χ4n) is 3.09. The first-order valence-electron chi connectivity index (χ1n) is 8.96. The second-order valence-corrected chi connectivity index (χ2v) is 6.79. The van der Waals surface area contributed by atoms with Gasteiger partial charge in [-0.1, -0.05) is 48.0 Å². The van der Waals surface area contributed by atoms with E-state index in [0.717, 1.165) is 10.6 Å². The minimum absolute atomic E-state index is 0.106. The molecule has 0 saturated carbocycles. The molecule has 0 aliphatic carbocycles. The number of para-hydroxylation sites is 2. The van der Waals surface area contributed by atoms with E-state index in [4.69, 9.17) is 16.3 Å². The summed E-state index contributed by atoms with van der Waals surface area (Å²) in [5.74, 6) is 0.277. The van der Waals surface area contributed by atoms with Crippen LogP contribution in [0.2, 0.25) is 0 Å². The number of carbonyl (C=O) groups excluding carboxylic acids is 2. The molecule has 0 atom stereocenters. The summed E-state index contributed by atoms with van der Waals surface area (Å²) in [7, 11) is 1.71. The van der Waals surface area contributed by atoms with Gasteiger partial charge in [-0.15, -0.1) is 0 Å². The molecular weight excluding hydrogens is 388 g/mol. The maximum Gasteiger partial charge on any atom is 0.283 e. The van der Waals surface area contributed by atoms with E-state index in [0.29, 0.717) is 17.2 Å². The van der Waals surface area contributed by atoms with Crippen molar-refractivity contribution in [3.8, 4) is 11.5 Å². The lowest BCUT2D eigenvalue weighted by molar-refractivity contribution is -0.120. The molecule has 0 aromatic heterocycles. The van der Waals surface area contributed by atoms with Gasteiger partial charge in [-0.2, -0.15) is 0 Å². The van der Waals surface area contributed by atoms with Crippen molar-refractivity contribution >= 4 is 34.8 Å². The van der Waals surface area contributed by atoms with Crippen LogP contribution in [0.5, 0.6) is 11.5 Å². The molecule has 1 heterocycles. The molecule has 4 rings (SSSR count). The average Bonchev–Trinajstić information content (AvgIpc) is 2.98. The van der Waals surface area contributed by atoms with Crippen molar-refractivity contribution in [2.24, 2.45) is 0 Å². The number of likely N-dealkylation sites (N-methyl/N-ethyl adjacent to an activating group) is 1. The third-order valence-electron chi connectivity index (χ3n) is 4.56. The third kappa shape index (κ3) is 3.60. The fraction of sp³-hybridized carbons (Fsp3) is 0.0435.